The summed E-state index contributed by atoms with van der Waals surface area (Å²) in [6.45, 7) is 5.84. The summed E-state index contributed by atoms with van der Waals surface area (Å²) in [7, 11) is 4.59. The second kappa shape index (κ2) is 11.5. The van der Waals surface area contributed by atoms with E-state index < -0.39 is 22.6 Å². The quantitative estimate of drug-likeness (QED) is 0.103. The van der Waals surface area contributed by atoms with Crippen LogP contribution in [-0.2, 0) is 5.41 Å². The van der Waals surface area contributed by atoms with Crippen LogP contribution in [0.3, 0.4) is 0 Å². The molecule has 0 spiro atoms. The molecule has 8 nitrogen and oxygen atoms in total. The molecule has 0 unspecified atom stereocenters. The summed E-state index contributed by atoms with van der Waals surface area (Å²) in [5, 5.41) is -0.645. The number of methoxy groups -OCH3 is 3. The number of hydrogen-bond donors (Lipinski definition) is 0. The number of halogens is 1. The Hall–Kier alpha value is -4.82. The monoisotopic (exact) mass is 600 g/mol. The van der Waals surface area contributed by atoms with Crippen LogP contribution < -0.4 is 23.7 Å². The fourth-order valence-corrected chi connectivity index (χ4v) is 5.29. The Kier molecular flexibility index (Phi) is 7.90. The van der Waals surface area contributed by atoms with Gasteiger partial charge in [0.1, 0.15) is 17.2 Å². The normalized spacial score (nSPS) is 11.4. The van der Waals surface area contributed by atoms with Gasteiger partial charge >= 0.3 is 11.9 Å². The molecule has 4 aromatic carbocycles. The van der Waals surface area contributed by atoms with E-state index in [9.17, 15) is 14.4 Å². The minimum absolute atomic E-state index is 0.00722. The van der Waals surface area contributed by atoms with Crippen molar-refractivity contribution in [3.8, 4) is 51.0 Å². The number of carbonyl (C=O) groups excluding carboxylic acids is 3. The van der Waals surface area contributed by atoms with Gasteiger partial charge in [-0.15, -0.1) is 0 Å². The molecule has 0 saturated carbocycles. The summed E-state index contributed by atoms with van der Waals surface area (Å²) in [6, 6.07) is 17.7. The fraction of sp³-hybridized carbons (Fsp3) is 0.206. The van der Waals surface area contributed by atoms with Crippen LogP contribution in [0.5, 0.6) is 28.7 Å². The zero-order valence-electron chi connectivity index (χ0n) is 24.5. The van der Waals surface area contributed by atoms with E-state index >= 15 is 0 Å². The first-order valence-electron chi connectivity index (χ1n) is 13.3. The zero-order valence-corrected chi connectivity index (χ0v) is 25.3. The summed E-state index contributed by atoms with van der Waals surface area (Å²) in [5.41, 5.74) is 3.31. The van der Waals surface area contributed by atoms with E-state index in [-0.39, 0.29) is 28.2 Å². The van der Waals surface area contributed by atoms with Crippen LogP contribution in [0, 0.1) is 0 Å². The van der Waals surface area contributed by atoms with E-state index in [4.69, 9.17) is 35.3 Å². The lowest BCUT2D eigenvalue weighted by molar-refractivity contribution is 0.0679. The highest BCUT2D eigenvalue weighted by Crippen LogP contribution is 2.61. The van der Waals surface area contributed by atoms with E-state index in [1.54, 1.807) is 66.7 Å². The topological polar surface area (TPSA) is 97.4 Å². The molecule has 1 aliphatic carbocycles. The number of esters is 2. The average molecular weight is 601 g/mol. The Labute approximate surface area is 254 Å². The zero-order chi connectivity index (χ0) is 31.1. The Morgan fingerprint density at radius 1 is 0.628 bits per heavy atom. The van der Waals surface area contributed by atoms with Gasteiger partial charge in [0.2, 0.25) is 0 Å². The van der Waals surface area contributed by atoms with Crippen molar-refractivity contribution in [2.24, 2.45) is 0 Å². The van der Waals surface area contributed by atoms with Crippen LogP contribution >= 0.6 is 11.6 Å². The second-order valence-electron chi connectivity index (χ2n) is 10.8. The lowest BCUT2D eigenvalue weighted by atomic mass is 9.69. The Balaban J connectivity index is 1.71. The molecule has 0 aliphatic heterocycles. The number of rotatable bonds is 8. The molecule has 0 amide bonds. The average Bonchev–Trinajstić information content (AvgIpc) is 2.99. The van der Waals surface area contributed by atoms with Gasteiger partial charge in [0.25, 0.3) is 5.24 Å². The van der Waals surface area contributed by atoms with Crippen molar-refractivity contribution in [1.82, 2.24) is 0 Å². The third-order valence-electron chi connectivity index (χ3n) is 7.16. The highest BCUT2D eigenvalue weighted by molar-refractivity contribution is 6.68. The van der Waals surface area contributed by atoms with Gasteiger partial charge < -0.3 is 23.7 Å². The molecule has 9 heteroatoms. The van der Waals surface area contributed by atoms with Gasteiger partial charge in [-0.2, -0.15) is 0 Å². The van der Waals surface area contributed by atoms with Gasteiger partial charge in [-0.1, -0.05) is 20.8 Å². The molecule has 0 radical (unpaired) electrons. The SMILES string of the molecule is COc1ccc(C(=O)Oc2cc3c(c(C(C)(C)C)c2OC(=O)c2ccc(OC)cc2)-c2c(OC)ccc(C(=O)Cl)c2-3)cc1. The summed E-state index contributed by atoms with van der Waals surface area (Å²) in [6.07, 6.45) is 0. The van der Waals surface area contributed by atoms with Gasteiger partial charge in [0.05, 0.1) is 32.5 Å². The predicted molar refractivity (Wildman–Crippen MR) is 162 cm³/mol. The van der Waals surface area contributed by atoms with E-state index in [2.05, 4.69) is 0 Å². The van der Waals surface area contributed by atoms with E-state index in [1.807, 2.05) is 20.8 Å². The molecular weight excluding hydrogens is 572 g/mol. The molecule has 0 saturated heterocycles. The molecule has 4 aromatic rings. The van der Waals surface area contributed by atoms with Crippen LogP contribution in [0.2, 0.25) is 0 Å². The van der Waals surface area contributed by atoms with Crippen LogP contribution in [0.15, 0.2) is 66.7 Å². The molecular formula is C34H29ClO8. The molecule has 5 rings (SSSR count). The molecule has 0 N–H and O–H groups in total. The maximum absolute atomic E-state index is 13.5. The first-order valence-corrected chi connectivity index (χ1v) is 13.7. The maximum atomic E-state index is 13.5. The van der Waals surface area contributed by atoms with Gasteiger partial charge in [-0.25, -0.2) is 9.59 Å². The van der Waals surface area contributed by atoms with Gasteiger partial charge in [0.15, 0.2) is 11.5 Å². The van der Waals surface area contributed by atoms with Crippen molar-refractivity contribution in [2.75, 3.05) is 21.3 Å². The third kappa shape index (κ3) is 5.42. The molecule has 0 bridgehead atoms. The standard InChI is InChI=1S/C34H29ClO8/c1-34(2,3)29-27-23(26-22(31(35)36)15-16-24(41-6)28(26)27)17-25(42-32(37)18-7-11-20(39-4)12-8-18)30(29)43-33(38)19-9-13-21(40-5)14-10-19/h7-17H,1-6H3. The summed E-state index contributed by atoms with van der Waals surface area (Å²) in [4.78, 5) is 39.3. The van der Waals surface area contributed by atoms with E-state index in [0.717, 1.165) is 0 Å². The molecule has 0 fully saturated rings. The lowest BCUT2D eigenvalue weighted by Gasteiger charge is -2.36. The predicted octanol–water partition coefficient (Wildman–Crippen LogP) is 7.47. The van der Waals surface area contributed by atoms with Crippen molar-refractivity contribution in [1.29, 1.82) is 0 Å². The molecule has 0 heterocycles. The van der Waals surface area contributed by atoms with Gasteiger partial charge in [-0.3, -0.25) is 4.79 Å². The van der Waals surface area contributed by atoms with Crippen LogP contribution in [0.1, 0.15) is 57.4 Å². The molecule has 43 heavy (non-hydrogen) atoms. The maximum Gasteiger partial charge on any atom is 0.343 e. The Bertz CT molecular complexity index is 1750. The van der Waals surface area contributed by atoms with E-state index in [0.29, 0.717) is 45.1 Å². The van der Waals surface area contributed by atoms with Crippen molar-refractivity contribution < 1.29 is 38.1 Å². The Morgan fingerprint density at radius 2 is 1.16 bits per heavy atom. The minimum atomic E-state index is -0.678. The third-order valence-corrected chi connectivity index (χ3v) is 7.37. The largest absolute Gasteiger partial charge is 0.497 e. The molecule has 0 atom stereocenters. The fourth-order valence-electron chi connectivity index (χ4n) is 5.14. The summed E-state index contributed by atoms with van der Waals surface area (Å²) >= 11 is 5.97. The summed E-state index contributed by atoms with van der Waals surface area (Å²) in [5.74, 6) is 0.414. The van der Waals surface area contributed by atoms with Crippen molar-refractivity contribution in [3.05, 3.63) is 89.0 Å². The van der Waals surface area contributed by atoms with Crippen LogP contribution in [0.4, 0.5) is 0 Å². The van der Waals surface area contributed by atoms with E-state index in [1.165, 1.54) is 21.3 Å². The van der Waals surface area contributed by atoms with Crippen molar-refractivity contribution in [2.45, 2.75) is 26.2 Å². The minimum Gasteiger partial charge on any atom is -0.497 e. The second-order valence-corrected chi connectivity index (χ2v) is 11.2. The highest BCUT2D eigenvalue weighted by Gasteiger charge is 2.40. The van der Waals surface area contributed by atoms with Crippen molar-refractivity contribution >= 4 is 28.8 Å². The Morgan fingerprint density at radius 3 is 1.63 bits per heavy atom. The first kappa shape index (κ1) is 29.7. The van der Waals surface area contributed by atoms with Gasteiger partial charge in [-0.05, 0) is 89.3 Å². The summed E-state index contributed by atoms with van der Waals surface area (Å²) < 4.78 is 28.0. The number of fused-ring (bicyclic) bond motifs is 4. The van der Waals surface area contributed by atoms with Gasteiger partial charge in [0, 0.05) is 27.8 Å². The smallest absolute Gasteiger partial charge is 0.343 e. The van der Waals surface area contributed by atoms with Crippen LogP contribution in [0.25, 0.3) is 22.3 Å². The lowest BCUT2D eigenvalue weighted by Crippen LogP contribution is -2.23. The molecule has 0 aromatic heterocycles. The number of ether oxygens (including phenoxy) is 5. The number of carbonyl (C=O) groups is 3. The number of benzene rings is 4. The number of hydrogen-bond acceptors (Lipinski definition) is 8. The molecule has 1 aliphatic rings. The molecule has 220 valence electrons. The first-order chi connectivity index (χ1) is 20.5. The van der Waals surface area contributed by atoms with Crippen LogP contribution in [-0.4, -0.2) is 38.5 Å². The van der Waals surface area contributed by atoms with Crippen molar-refractivity contribution in [3.63, 3.8) is 0 Å². The highest BCUT2D eigenvalue weighted by atomic mass is 35.5.